The molecule has 0 radical (unpaired) electrons. The predicted molar refractivity (Wildman–Crippen MR) is 98.5 cm³/mol. The smallest absolute Gasteiger partial charge is 0.191 e. The first-order valence-corrected chi connectivity index (χ1v) is 8.41. The Morgan fingerprint density at radius 2 is 1.92 bits per heavy atom. The van der Waals surface area contributed by atoms with Crippen molar-refractivity contribution < 1.29 is 0 Å². The van der Waals surface area contributed by atoms with Crippen molar-refractivity contribution >= 4 is 5.96 Å². The van der Waals surface area contributed by atoms with E-state index in [2.05, 4.69) is 53.8 Å². The maximum absolute atomic E-state index is 4.69. The molecule has 2 aromatic rings. The van der Waals surface area contributed by atoms with Crippen molar-refractivity contribution in [2.24, 2.45) is 4.99 Å². The number of guanidine groups is 1. The van der Waals surface area contributed by atoms with Crippen LogP contribution in [0.3, 0.4) is 0 Å². The van der Waals surface area contributed by atoms with E-state index in [9.17, 15) is 0 Å². The molecule has 1 aromatic carbocycles. The van der Waals surface area contributed by atoms with E-state index in [0.29, 0.717) is 12.6 Å². The molecule has 0 aliphatic heterocycles. The average molecular weight is 323 g/mol. The van der Waals surface area contributed by atoms with Crippen molar-refractivity contribution in [1.82, 2.24) is 20.4 Å². The summed E-state index contributed by atoms with van der Waals surface area (Å²) in [4.78, 5) is 4.33. The van der Waals surface area contributed by atoms with Gasteiger partial charge in [-0.3, -0.25) is 4.99 Å². The highest BCUT2D eigenvalue weighted by Gasteiger charge is 2.15. The zero-order valence-corrected chi connectivity index (χ0v) is 14.6. The molecule has 5 heteroatoms. The maximum atomic E-state index is 4.69. The molecule has 1 aliphatic carbocycles. The van der Waals surface area contributed by atoms with Gasteiger partial charge >= 0.3 is 0 Å². The number of aliphatic imine (C=N–C) groups is 1. The summed E-state index contributed by atoms with van der Waals surface area (Å²) < 4.78 is 2.00. The third-order valence-corrected chi connectivity index (χ3v) is 4.45. The minimum Gasteiger partial charge on any atom is -0.353 e. The lowest BCUT2D eigenvalue weighted by molar-refractivity contribution is 0.632. The number of nitrogens with zero attached hydrogens (tertiary/aromatic N) is 3. The molecule has 0 saturated heterocycles. The molecule has 1 heterocycles. The van der Waals surface area contributed by atoms with Gasteiger partial charge in [-0.1, -0.05) is 30.4 Å². The molecule has 0 unspecified atom stereocenters. The van der Waals surface area contributed by atoms with Crippen molar-refractivity contribution in [1.29, 1.82) is 0 Å². The summed E-state index contributed by atoms with van der Waals surface area (Å²) in [5.41, 5.74) is 4.50. The lowest BCUT2D eigenvalue weighted by Crippen LogP contribution is -2.42. The second-order valence-corrected chi connectivity index (χ2v) is 6.11. The third-order valence-electron chi connectivity index (χ3n) is 4.45. The van der Waals surface area contributed by atoms with Crippen LogP contribution in [-0.4, -0.2) is 28.8 Å². The molecular weight excluding hydrogens is 298 g/mol. The molecule has 0 bridgehead atoms. The molecule has 3 rings (SSSR count). The van der Waals surface area contributed by atoms with E-state index in [1.54, 1.807) is 0 Å². The quantitative estimate of drug-likeness (QED) is 0.517. The summed E-state index contributed by atoms with van der Waals surface area (Å²) in [5.74, 6) is 0.843. The van der Waals surface area contributed by atoms with Gasteiger partial charge in [0.05, 0.1) is 11.4 Å². The lowest BCUT2D eigenvalue weighted by atomic mass is 10.2. The van der Waals surface area contributed by atoms with Gasteiger partial charge in [0.15, 0.2) is 5.96 Å². The molecule has 5 nitrogen and oxygen atoms in total. The van der Waals surface area contributed by atoms with Gasteiger partial charge in [0.1, 0.15) is 0 Å². The molecular formula is C19H25N5. The molecule has 1 aromatic heterocycles. The van der Waals surface area contributed by atoms with Crippen LogP contribution in [0.25, 0.3) is 5.69 Å². The summed E-state index contributed by atoms with van der Waals surface area (Å²) in [6.45, 7) is 4.88. The molecule has 0 fully saturated rings. The van der Waals surface area contributed by atoms with Crippen LogP contribution >= 0.6 is 0 Å². The van der Waals surface area contributed by atoms with Crippen LogP contribution in [0.4, 0.5) is 0 Å². The Morgan fingerprint density at radius 1 is 1.21 bits per heavy atom. The number of benzene rings is 1. The fraction of sp³-hybridized carbons (Fsp3) is 0.368. The van der Waals surface area contributed by atoms with Crippen molar-refractivity contribution in [2.45, 2.75) is 39.3 Å². The predicted octanol–water partition coefficient (Wildman–Crippen LogP) is 2.87. The second kappa shape index (κ2) is 7.34. The monoisotopic (exact) mass is 323 g/mol. The number of aryl methyl sites for hydroxylation is 1. The van der Waals surface area contributed by atoms with Gasteiger partial charge in [-0.05, 0) is 38.8 Å². The highest BCUT2D eigenvalue weighted by molar-refractivity contribution is 5.80. The Balaban J connectivity index is 1.70. The molecule has 126 valence electrons. The lowest BCUT2D eigenvalue weighted by Gasteiger charge is -2.17. The van der Waals surface area contributed by atoms with Crippen molar-refractivity contribution in [3.05, 3.63) is 59.4 Å². The van der Waals surface area contributed by atoms with Crippen molar-refractivity contribution in [3.8, 4) is 5.69 Å². The van der Waals surface area contributed by atoms with E-state index in [-0.39, 0.29) is 0 Å². The standard InChI is InChI=1S/C19H25N5/c1-14-18(13-21-19(20-3)22-16-9-7-8-10-16)15(2)24(23-14)17-11-5-4-6-12-17/h4-8,11-12,16H,9-10,13H2,1-3H3,(H2,20,21,22). The highest BCUT2D eigenvalue weighted by Crippen LogP contribution is 2.17. The molecule has 0 atom stereocenters. The fourth-order valence-electron chi connectivity index (χ4n) is 3.05. The minimum atomic E-state index is 0.449. The summed E-state index contributed by atoms with van der Waals surface area (Å²) in [7, 11) is 1.81. The van der Waals surface area contributed by atoms with Crippen LogP contribution in [0.5, 0.6) is 0 Å². The number of para-hydroxylation sites is 1. The first kappa shape index (κ1) is 16.3. The van der Waals surface area contributed by atoms with Gasteiger partial charge in [0.2, 0.25) is 0 Å². The van der Waals surface area contributed by atoms with E-state index in [1.165, 1.54) is 5.56 Å². The van der Waals surface area contributed by atoms with E-state index < -0.39 is 0 Å². The number of nitrogens with one attached hydrogen (secondary N) is 2. The van der Waals surface area contributed by atoms with Gasteiger partial charge in [0.25, 0.3) is 0 Å². The number of hydrogen-bond acceptors (Lipinski definition) is 2. The minimum absolute atomic E-state index is 0.449. The number of rotatable bonds is 4. The largest absolute Gasteiger partial charge is 0.353 e. The number of aromatic nitrogens is 2. The Bertz CT molecular complexity index is 735. The normalized spacial score (nSPS) is 15.0. The van der Waals surface area contributed by atoms with Crippen LogP contribution in [-0.2, 0) is 6.54 Å². The van der Waals surface area contributed by atoms with E-state index in [1.807, 2.05) is 29.9 Å². The van der Waals surface area contributed by atoms with Crippen LogP contribution in [0, 0.1) is 13.8 Å². The molecule has 2 N–H and O–H groups in total. The first-order valence-electron chi connectivity index (χ1n) is 8.41. The van der Waals surface area contributed by atoms with Gasteiger partial charge in [-0.25, -0.2) is 4.68 Å². The maximum Gasteiger partial charge on any atom is 0.191 e. The molecule has 0 amide bonds. The van der Waals surface area contributed by atoms with Crippen LogP contribution < -0.4 is 10.6 Å². The van der Waals surface area contributed by atoms with Gasteiger partial charge in [-0.15, -0.1) is 0 Å². The zero-order valence-electron chi connectivity index (χ0n) is 14.6. The Labute approximate surface area is 143 Å². The topological polar surface area (TPSA) is 54.2 Å². The van der Waals surface area contributed by atoms with Gasteiger partial charge in [0, 0.05) is 30.9 Å². The second-order valence-electron chi connectivity index (χ2n) is 6.11. The molecule has 24 heavy (non-hydrogen) atoms. The van der Waals surface area contributed by atoms with Crippen molar-refractivity contribution in [2.75, 3.05) is 7.05 Å². The molecule has 0 saturated carbocycles. The Hall–Kier alpha value is -2.56. The fourth-order valence-corrected chi connectivity index (χ4v) is 3.05. The van der Waals surface area contributed by atoms with Gasteiger partial charge < -0.3 is 10.6 Å². The van der Waals surface area contributed by atoms with Gasteiger partial charge in [-0.2, -0.15) is 5.10 Å². The SMILES string of the molecule is CN=C(NCc1c(C)nn(-c2ccccc2)c1C)NC1CC=CC1. The number of hydrogen-bond donors (Lipinski definition) is 2. The molecule has 1 aliphatic rings. The summed E-state index contributed by atoms with van der Waals surface area (Å²) in [6, 6.07) is 10.7. The highest BCUT2D eigenvalue weighted by atomic mass is 15.3. The van der Waals surface area contributed by atoms with Crippen LogP contribution in [0.2, 0.25) is 0 Å². The summed E-state index contributed by atoms with van der Waals surface area (Å²) in [6.07, 6.45) is 6.54. The summed E-state index contributed by atoms with van der Waals surface area (Å²) >= 11 is 0. The van der Waals surface area contributed by atoms with Crippen molar-refractivity contribution in [3.63, 3.8) is 0 Å². The third kappa shape index (κ3) is 3.50. The van der Waals surface area contributed by atoms with E-state index in [4.69, 9.17) is 5.10 Å². The average Bonchev–Trinajstić information content (AvgIpc) is 3.21. The van der Waals surface area contributed by atoms with E-state index in [0.717, 1.165) is 35.9 Å². The zero-order chi connectivity index (χ0) is 16.9. The molecule has 0 spiro atoms. The first-order chi connectivity index (χ1) is 11.7. The Kier molecular flexibility index (Phi) is 4.99. The van der Waals surface area contributed by atoms with Crippen LogP contribution in [0.15, 0.2) is 47.5 Å². The van der Waals surface area contributed by atoms with E-state index >= 15 is 0 Å². The Morgan fingerprint density at radius 3 is 2.58 bits per heavy atom. The van der Waals surface area contributed by atoms with Crippen LogP contribution in [0.1, 0.15) is 29.8 Å². The summed E-state index contributed by atoms with van der Waals surface area (Å²) in [5, 5.41) is 11.6.